The van der Waals surface area contributed by atoms with Crippen molar-refractivity contribution in [2.75, 3.05) is 19.5 Å². The predicted octanol–water partition coefficient (Wildman–Crippen LogP) is 6.43. The number of hydrogen-bond acceptors (Lipinski definition) is 9. The SMILES string of the molecule is COC(=N)c1cnc(-c2c(OC)ncnc2C2CC2)nc1N[C@@H](C)c1ccc(-c2nc(C(F)(F)F)cn2C(C)C)cc1. The van der Waals surface area contributed by atoms with Crippen molar-refractivity contribution in [2.45, 2.75) is 57.8 Å². The number of benzene rings is 1. The van der Waals surface area contributed by atoms with E-state index in [0.29, 0.717) is 34.2 Å². The maximum atomic E-state index is 13.4. The second kappa shape index (κ2) is 11.4. The number of rotatable bonds is 9. The lowest BCUT2D eigenvalue weighted by Gasteiger charge is -2.19. The fraction of sp³-hybridized carbons (Fsp3) is 0.379. The number of halogens is 3. The Bertz CT molecular complexity index is 1600. The van der Waals surface area contributed by atoms with Gasteiger partial charge in [0.2, 0.25) is 11.8 Å². The molecule has 0 radical (unpaired) electrons. The van der Waals surface area contributed by atoms with Gasteiger partial charge in [0.25, 0.3) is 0 Å². The van der Waals surface area contributed by atoms with Gasteiger partial charge in [0.1, 0.15) is 23.5 Å². The number of ether oxygens (including phenoxy) is 2. The Morgan fingerprint density at radius 3 is 2.36 bits per heavy atom. The second-order valence-corrected chi connectivity index (χ2v) is 10.3. The van der Waals surface area contributed by atoms with E-state index in [2.05, 4.69) is 25.3 Å². The summed E-state index contributed by atoms with van der Waals surface area (Å²) < 4.78 is 52.3. The number of nitrogens with zero attached hydrogens (tertiary/aromatic N) is 6. The van der Waals surface area contributed by atoms with E-state index < -0.39 is 11.9 Å². The number of methoxy groups -OCH3 is 2. The molecule has 13 heteroatoms. The number of hydrogen-bond donors (Lipinski definition) is 2. The summed E-state index contributed by atoms with van der Waals surface area (Å²) in [7, 11) is 2.92. The maximum absolute atomic E-state index is 13.4. The average Bonchev–Trinajstić information content (AvgIpc) is 3.72. The van der Waals surface area contributed by atoms with Gasteiger partial charge in [-0.2, -0.15) is 13.2 Å². The highest BCUT2D eigenvalue weighted by Gasteiger charge is 2.35. The van der Waals surface area contributed by atoms with Crippen molar-refractivity contribution in [1.29, 1.82) is 5.41 Å². The Balaban J connectivity index is 1.47. The first-order valence-corrected chi connectivity index (χ1v) is 13.4. The molecule has 3 aromatic heterocycles. The Kier molecular flexibility index (Phi) is 7.85. The molecule has 0 aliphatic heterocycles. The van der Waals surface area contributed by atoms with Crippen LogP contribution in [0, 0.1) is 5.41 Å². The van der Waals surface area contributed by atoms with Gasteiger partial charge < -0.3 is 19.4 Å². The van der Waals surface area contributed by atoms with Crippen LogP contribution in [0.3, 0.4) is 0 Å². The van der Waals surface area contributed by atoms with Crippen molar-refractivity contribution in [3.8, 4) is 28.7 Å². The molecule has 220 valence electrons. The van der Waals surface area contributed by atoms with E-state index in [1.54, 1.807) is 12.1 Å². The quantitative estimate of drug-likeness (QED) is 0.172. The smallest absolute Gasteiger partial charge is 0.434 e. The van der Waals surface area contributed by atoms with Crippen LogP contribution in [0.2, 0.25) is 0 Å². The molecule has 42 heavy (non-hydrogen) atoms. The number of nitrogens with one attached hydrogen (secondary N) is 2. The first-order valence-electron chi connectivity index (χ1n) is 13.4. The molecule has 0 saturated heterocycles. The molecule has 1 aromatic carbocycles. The Morgan fingerprint density at radius 2 is 1.76 bits per heavy atom. The molecule has 1 aliphatic carbocycles. The van der Waals surface area contributed by atoms with Crippen molar-refractivity contribution in [3.63, 3.8) is 0 Å². The standard InChI is InChI=1S/C29H31F3N8O2/c1-15(2)40-13-21(29(30,31)32)38-27(40)19-10-6-17(7-11-19)16(3)37-25-20(24(33)41-4)12-34-26(39-25)22-23(18-8-9-18)35-14-36-28(22)42-5/h6-7,10-16,18,33H,8-9H2,1-5H3,(H,34,37,39)/t16-/m0/s1. The van der Waals surface area contributed by atoms with Gasteiger partial charge in [-0.25, -0.2) is 24.9 Å². The first kappa shape index (κ1) is 29.0. The first-order chi connectivity index (χ1) is 20.0. The highest BCUT2D eigenvalue weighted by molar-refractivity contribution is 5.96. The summed E-state index contributed by atoms with van der Waals surface area (Å²) in [6.07, 6.45) is 1.50. The molecule has 5 rings (SSSR count). The molecule has 1 aliphatic rings. The van der Waals surface area contributed by atoms with Crippen LogP contribution in [0.1, 0.15) is 74.1 Å². The van der Waals surface area contributed by atoms with E-state index in [-0.39, 0.29) is 29.7 Å². The Hall–Kier alpha value is -4.55. The van der Waals surface area contributed by atoms with Crippen LogP contribution in [0.15, 0.2) is 43.0 Å². The minimum Gasteiger partial charge on any atom is -0.481 e. The van der Waals surface area contributed by atoms with E-state index in [1.165, 1.54) is 31.3 Å². The lowest BCUT2D eigenvalue weighted by molar-refractivity contribution is -0.140. The average molecular weight is 581 g/mol. The number of alkyl halides is 3. The third-order valence-corrected chi connectivity index (χ3v) is 7.06. The molecule has 1 fully saturated rings. The molecule has 4 aromatic rings. The fourth-order valence-electron chi connectivity index (χ4n) is 4.65. The van der Waals surface area contributed by atoms with Crippen LogP contribution in [-0.4, -0.2) is 49.6 Å². The zero-order valence-corrected chi connectivity index (χ0v) is 23.8. The number of imidazole rings is 1. The lowest BCUT2D eigenvalue weighted by Crippen LogP contribution is -2.15. The largest absolute Gasteiger partial charge is 0.481 e. The Morgan fingerprint density at radius 1 is 1.05 bits per heavy atom. The fourth-order valence-corrected chi connectivity index (χ4v) is 4.65. The molecule has 10 nitrogen and oxygen atoms in total. The van der Waals surface area contributed by atoms with E-state index >= 15 is 0 Å². The van der Waals surface area contributed by atoms with Gasteiger partial charge in [-0.3, -0.25) is 5.41 Å². The summed E-state index contributed by atoms with van der Waals surface area (Å²) in [4.78, 5) is 21.9. The normalized spacial score (nSPS) is 14.1. The highest BCUT2D eigenvalue weighted by atomic mass is 19.4. The summed E-state index contributed by atoms with van der Waals surface area (Å²) in [6.45, 7) is 5.53. The van der Waals surface area contributed by atoms with Crippen molar-refractivity contribution in [3.05, 3.63) is 65.5 Å². The summed E-state index contributed by atoms with van der Waals surface area (Å²) in [5.74, 6) is 1.49. The van der Waals surface area contributed by atoms with Crippen molar-refractivity contribution >= 4 is 11.7 Å². The van der Waals surface area contributed by atoms with E-state index in [4.69, 9.17) is 19.9 Å². The molecule has 2 N–H and O–H groups in total. The molecule has 0 bridgehead atoms. The van der Waals surface area contributed by atoms with Crippen LogP contribution < -0.4 is 10.1 Å². The van der Waals surface area contributed by atoms with Crippen LogP contribution in [0.25, 0.3) is 22.8 Å². The zero-order chi connectivity index (χ0) is 30.2. The molecular weight excluding hydrogens is 549 g/mol. The molecular formula is C29H31F3N8O2. The van der Waals surface area contributed by atoms with Crippen LogP contribution in [0.5, 0.6) is 5.88 Å². The number of anilines is 1. The van der Waals surface area contributed by atoms with Gasteiger partial charge in [0.15, 0.2) is 11.5 Å². The molecule has 3 heterocycles. The summed E-state index contributed by atoms with van der Waals surface area (Å²) in [5, 5.41) is 11.6. The monoisotopic (exact) mass is 580 g/mol. The Labute approximate surface area is 240 Å². The summed E-state index contributed by atoms with van der Waals surface area (Å²) in [6, 6.07) is 6.61. The minimum absolute atomic E-state index is 0.119. The predicted molar refractivity (Wildman–Crippen MR) is 151 cm³/mol. The molecule has 0 spiro atoms. The van der Waals surface area contributed by atoms with Crippen molar-refractivity contribution in [2.24, 2.45) is 0 Å². The van der Waals surface area contributed by atoms with Crippen LogP contribution in [-0.2, 0) is 10.9 Å². The number of aromatic nitrogens is 6. The van der Waals surface area contributed by atoms with Crippen molar-refractivity contribution < 1.29 is 22.6 Å². The van der Waals surface area contributed by atoms with Crippen LogP contribution in [0.4, 0.5) is 19.0 Å². The van der Waals surface area contributed by atoms with Gasteiger partial charge in [0, 0.05) is 36.0 Å². The summed E-state index contributed by atoms with van der Waals surface area (Å²) in [5.41, 5.74) is 2.25. The molecule has 1 saturated carbocycles. The zero-order valence-electron chi connectivity index (χ0n) is 23.8. The molecule has 0 unspecified atom stereocenters. The third-order valence-electron chi connectivity index (χ3n) is 7.06. The van der Waals surface area contributed by atoms with E-state index in [0.717, 1.165) is 30.3 Å². The van der Waals surface area contributed by atoms with E-state index in [9.17, 15) is 13.2 Å². The molecule has 1 atom stereocenters. The van der Waals surface area contributed by atoms with Gasteiger partial charge in [-0.15, -0.1) is 0 Å². The lowest BCUT2D eigenvalue weighted by atomic mass is 10.1. The van der Waals surface area contributed by atoms with Crippen molar-refractivity contribution in [1.82, 2.24) is 29.5 Å². The van der Waals surface area contributed by atoms with Crippen LogP contribution >= 0.6 is 0 Å². The third kappa shape index (κ3) is 5.76. The van der Waals surface area contributed by atoms with Gasteiger partial charge in [-0.1, -0.05) is 24.3 Å². The second-order valence-electron chi connectivity index (χ2n) is 10.3. The van der Waals surface area contributed by atoms with E-state index in [1.807, 2.05) is 32.9 Å². The molecule has 0 amide bonds. The van der Waals surface area contributed by atoms with Gasteiger partial charge >= 0.3 is 6.18 Å². The summed E-state index contributed by atoms with van der Waals surface area (Å²) >= 11 is 0. The topological polar surface area (TPSA) is 124 Å². The van der Waals surface area contributed by atoms with Gasteiger partial charge in [0.05, 0.1) is 25.5 Å². The minimum atomic E-state index is -4.54. The van der Waals surface area contributed by atoms with Gasteiger partial charge in [-0.05, 0) is 39.2 Å². The highest BCUT2D eigenvalue weighted by Crippen LogP contribution is 2.45. The maximum Gasteiger partial charge on any atom is 0.434 e.